The number of hydrogen-bond acceptors (Lipinski definition) is 5. The SMILES string of the molecule is Nc1c(C2=NCCCN2)sc2nc(-c3ccccc3)ccc12. The van der Waals surface area contributed by atoms with Crippen molar-refractivity contribution in [2.45, 2.75) is 6.42 Å². The summed E-state index contributed by atoms with van der Waals surface area (Å²) in [5.41, 5.74) is 9.17. The van der Waals surface area contributed by atoms with Crippen molar-refractivity contribution in [1.29, 1.82) is 0 Å². The predicted molar refractivity (Wildman–Crippen MR) is 93.5 cm³/mol. The molecule has 5 heteroatoms. The molecule has 4 rings (SSSR count). The number of aliphatic imine (C=N–C) groups is 1. The molecule has 0 spiro atoms. The highest BCUT2D eigenvalue weighted by Crippen LogP contribution is 2.34. The Hall–Kier alpha value is -2.40. The van der Waals surface area contributed by atoms with Crippen LogP contribution in [0.4, 0.5) is 5.69 Å². The van der Waals surface area contributed by atoms with E-state index in [1.165, 1.54) is 0 Å². The number of amidine groups is 1. The van der Waals surface area contributed by atoms with Crippen LogP contribution >= 0.6 is 11.3 Å². The van der Waals surface area contributed by atoms with E-state index in [-0.39, 0.29) is 0 Å². The fourth-order valence-corrected chi connectivity index (χ4v) is 3.71. The molecule has 0 aliphatic carbocycles. The molecule has 0 unspecified atom stereocenters. The number of nitrogens with two attached hydrogens (primary N) is 1. The van der Waals surface area contributed by atoms with Crippen LogP contribution in [0, 0.1) is 0 Å². The van der Waals surface area contributed by atoms with Gasteiger partial charge in [0.15, 0.2) is 0 Å². The molecule has 1 aliphatic heterocycles. The van der Waals surface area contributed by atoms with Crippen LogP contribution in [0.3, 0.4) is 0 Å². The number of anilines is 1. The van der Waals surface area contributed by atoms with Gasteiger partial charge in [0.25, 0.3) is 0 Å². The van der Waals surface area contributed by atoms with Crippen molar-refractivity contribution in [1.82, 2.24) is 10.3 Å². The molecule has 0 fully saturated rings. The molecule has 2 aromatic heterocycles. The number of thiophene rings is 1. The van der Waals surface area contributed by atoms with Crippen LogP contribution in [0.1, 0.15) is 11.3 Å². The molecule has 3 N–H and O–H groups in total. The molecule has 0 saturated heterocycles. The summed E-state index contributed by atoms with van der Waals surface area (Å²) in [5, 5.41) is 4.35. The first kappa shape index (κ1) is 13.3. The van der Waals surface area contributed by atoms with E-state index >= 15 is 0 Å². The van der Waals surface area contributed by atoms with Gasteiger partial charge in [-0.2, -0.15) is 0 Å². The Morgan fingerprint density at radius 3 is 2.73 bits per heavy atom. The lowest BCUT2D eigenvalue weighted by molar-refractivity contribution is 0.744. The number of pyridine rings is 1. The third kappa shape index (κ3) is 2.23. The summed E-state index contributed by atoms with van der Waals surface area (Å²) in [6, 6.07) is 14.3. The summed E-state index contributed by atoms with van der Waals surface area (Å²) in [5.74, 6) is 0.910. The van der Waals surface area contributed by atoms with Gasteiger partial charge in [0.1, 0.15) is 10.7 Å². The van der Waals surface area contributed by atoms with E-state index < -0.39 is 0 Å². The molecule has 0 amide bonds. The van der Waals surface area contributed by atoms with E-state index in [2.05, 4.69) is 28.5 Å². The minimum atomic E-state index is 0.778. The zero-order chi connectivity index (χ0) is 14.9. The average molecular weight is 308 g/mol. The maximum Gasteiger partial charge on any atom is 0.140 e. The number of rotatable bonds is 2. The lowest BCUT2D eigenvalue weighted by Gasteiger charge is -2.13. The quantitative estimate of drug-likeness (QED) is 0.763. The lowest BCUT2D eigenvalue weighted by atomic mass is 10.1. The van der Waals surface area contributed by atoms with E-state index in [1.54, 1.807) is 11.3 Å². The number of hydrogen-bond donors (Lipinski definition) is 2. The highest BCUT2D eigenvalue weighted by molar-refractivity contribution is 7.21. The highest BCUT2D eigenvalue weighted by atomic mass is 32.1. The van der Waals surface area contributed by atoms with Crippen LogP contribution in [0.5, 0.6) is 0 Å². The van der Waals surface area contributed by atoms with Crippen molar-refractivity contribution in [3.05, 3.63) is 47.3 Å². The molecule has 22 heavy (non-hydrogen) atoms. The number of nitrogens with one attached hydrogen (secondary N) is 1. The lowest BCUT2D eigenvalue weighted by Crippen LogP contribution is -2.29. The van der Waals surface area contributed by atoms with Crippen molar-refractivity contribution >= 4 is 33.1 Å². The van der Waals surface area contributed by atoms with E-state index in [4.69, 9.17) is 10.7 Å². The first-order valence-corrected chi connectivity index (χ1v) is 8.18. The van der Waals surface area contributed by atoms with Crippen molar-refractivity contribution in [3.8, 4) is 11.3 Å². The van der Waals surface area contributed by atoms with E-state index in [0.29, 0.717) is 0 Å². The number of benzene rings is 1. The second-order valence-electron chi connectivity index (χ2n) is 5.27. The summed E-state index contributed by atoms with van der Waals surface area (Å²) in [6.45, 7) is 1.81. The van der Waals surface area contributed by atoms with Crippen LogP contribution in [0.15, 0.2) is 47.5 Å². The van der Waals surface area contributed by atoms with Gasteiger partial charge in [-0.3, -0.25) is 4.99 Å². The predicted octanol–water partition coefficient (Wildman–Crippen LogP) is 3.29. The molecular formula is C17H16N4S. The second kappa shape index (κ2) is 5.42. The minimum absolute atomic E-state index is 0.778. The Morgan fingerprint density at radius 1 is 1.09 bits per heavy atom. The molecule has 1 aliphatic rings. The zero-order valence-electron chi connectivity index (χ0n) is 12.0. The molecule has 3 heterocycles. The minimum Gasteiger partial charge on any atom is -0.397 e. The highest BCUT2D eigenvalue weighted by Gasteiger charge is 2.17. The topological polar surface area (TPSA) is 63.3 Å². The van der Waals surface area contributed by atoms with Gasteiger partial charge in [0.05, 0.1) is 16.3 Å². The van der Waals surface area contributed by atoms with E-state index in [1.807, 2.05) is 24.3 Å². The summed E-state index contributed by atoms with van der Waals surface area (Å²) in [6.07, 6.45) is 1.07. The molecule has 0 bridgehead atoms. The maximum absolute atomic E-state index is 6.31. The molecule has 110 valence electrons. The van der Waals surface area contributed by atoms with E-state index in [0.717, 1.165) is 57.4 Å². The number of aromatic nitrogens is 1. The fraction of sp³-hybridized carbons (Fsp3) is 0.176. The van der Waals surface area contributed by atoms with Crippen LogP contribution in [0.25, 0.3) is 21.5 Å². The van der Waals surface area contributed by atoms with Gasteiger partial charge >= 0.3 is 0 Å². The first-order chi connectivity index (χ1) is 10.8. The molecule has 4 nitrogen and oxygen atoms in total. The smallest absolute Gasteiger partial charge is 0.140 e. The van der Waals surface area contributed by atoms with Crippen molar-refractivity contribution < 1.29 is 0 Å². The van der Waals surface area contributed by atoms with Crippen molar-refractivity contribution in [3.63, 3.8) is 0 Å². The van der Waals surface area contributed by atoms with Gasteiger partial charge in [-0.25, -0.2) is 4.98 Å². The second-order valence-corrected chi connectivity index (χ2v) is 6.27. The maximum atomic E-state index is 6.31. The summed E-state index contributed by atoms with van der Waals surface area (Å²) < 4.78 is 0. The monoisotopic (exact) mass is 308 g/mol. The van der Waals surface area contributed by atoms with Crippen LogP contribution in [0.2, 0.25) is 0 Å². The summed E-state index contributed by atoms with van der Waals surface area (Å²) >= 11 is 1.61. The Labute approximate surface area is 132 Å². The standard InChI is InChI=1S/C17H16N4S/c18-14-12-7-8-13(11-5-2-1-3-6-11)21-17(12)22-15(14)16-19-9-4-10-20-16/h1-3,5-8H,4,9-10,18H2,(H,19,20). The number of fused-ring (bicyclic) bond motifs is 1. The van der Waals surface area contributed by atoms with Gasteiger partial charge in [-0.15, -0.1) is 11.3 Å². The Balaban J connectivity index is 1.82. The Kier molecular flexibility index (Phi) is 3.27. The molecular weight excluding hydrogens is 292 g/mol. The number of nitrogen functional groups attached to an aromatic ring is 1. The third-order valence-electron chi connectivity index (χ3n) is 3.78. The molecule has 0 saturated carbocycles. The van der Waals surface area contributed by atoms with Gasteiger partial charge < -0.3 is 11.1 Å². The molecule has 0 radical (unpaired) electrons. The first-order valence-electron chi connectivity index (χ1n) is 7.36. The molecule has 0 atom stereocenters. The molecule has 1 aromatic carbocycles. The Morgan fingerprint density at radius 2 is 1.95 bits per heavy atom. The molecule has 3 aromatic rings. The zero-order valence-corrected chi connectivity index (χ0v) is 12.9. The van der Waals surface area contributed by atoms with E-state index in [9.17, 15) is 0 Å². The van der Waals surface area contributed by atoms with Crippen molar-refractivity contribution in [2.75, 3.05) is 18.8 Å². The van der Waals surface area contributed by atoms with Crippen LogP contribution < -0.4 is 11.1 Å². The average Bonchev–Trinajstić information content (AvgIpc) is 2.93. The van der Waals surface area contributed by atoms with Crippen molar-refractivity contribution in [2.24, 2.45) is 4.99 Å². The van der Waals surface area contributed by atoms with Crippen LogP contribution in [-0.4, -0.2) is 23.9 Å². The fourth-order valence-electron chi connectivity index (χ4n) is 2.63. The summed E-state index contributed by atoms with van der Waals surface area (Å²) in [7, 11) is 0. The number of nitrogens with zero attached hydrogens (tertiary/aromatic N) is 2. The Bertz CT molecular complexity index is 852. The largest absolute Gasteiger partial charge is 0.397 e. The van der Waals surface area contributed by atoms with Gasteiger partial charge in [0.2, 0.25) is 0 Å². The van der Waals surface area contributed by atoms with Gasteiger partial charge in [-0.1, -0.05) is 30.3 Å². The van der Waals surface area contributed by atoms with Gasteiger partial charge in [-0.05, 0) is 18.6 Å². The summed E-state index contributed by atoms with van der Waals surface area (Å²) in [4.78, 5) is 11.3. The van der Waals surface area contributed by atoms with Gasteiger partial charge in [0, 0.05) is 24.0 Å². The van der Waals surface area contributed by atoms with Crippen LogP contribution in [-0.2, 0) is 0 Å². The third-order valence-corrected chi connectivity index (χ3v) is 4.90. The normalized spacial score (nSPS) is 14.6.